The number of benzene rings is 1. The lowest BCUT2D eigenvalue weighted by molar-refractivity contribution is -0.150. The zero-order valence-corrected chi connectivity index (χ0v) is 10.3. The van der Waals surface area contributed by atoms with Crippen LogP contribution in [0.2, 0.25) is 0 Å². The lowest BCUT2D eigenvalue weighted by Crippen LogP contribution is -2.48. The van der Waals surface area contributed by atoms with Gasteiger partial charge < -0.3 is 5.11 Å². The minimum absolute atomic E-state index is 0.692. The van der Waals surface area contributed by atoms with Crippen molar-refractivity contribution in [1.29, 1.82) is 0 Å². The summed E-state index contributed by atoms with van der Waals surface area (Å²) < 4.78 is 0. The number of rotatable bonds is 4. The van der Waals surface area contributed by atoms with Crippen molar-refractivity contribution in [2.45, 2.75) is 26.3 Å². The van der Waals surface area contributed by atoms with Gasteiger partial charge in [-0.3, -0.25) is 4.90 Å². The maximum Gasteiger partial charge on any atom is 0.328 e. The molecule has 0 saturated carbocycles. The largest absolute Gasteiger partial charge is 0.480 e. The van der Waals surface area contributed by atoms with Gasteiger partial charge in [0, 0.05) is 0 Å². The van der Waals surface area contributed by atoms with Crippen LogP contribution in [0.5, 0.6) is 0 Å². The SMILES string of the molecule is CCN(C)C(C)(C(=O)O)c1ccccc1C. The lowest BCUT2D eigenvalue weighted by Gasteiger charge is -2.35. The standard InChI is InChI=1S/C13H19NO2/c1-5-14(4)13(3,12(15)16)11-9-7-6-8-10(11)2/h6-9H,5H2,1-4H3,(H,15,16). The average molecular weight is 221 g/mol. The maximum absolute atomic E-state index is 11.5. The minimum atomic E-state index is -0.958. The number of carboxylic acid groups (broad SMARTS) is 1. The molecule has 88 valence electrons. The Morgan fingerprint density at radius 3 is 2.44 bits per heavy atom. The molecular weight excluding hydrogens is 202 g/mol. The van der Waals surface area contributed by atoms with Gasteiger partial charge in [0.2, 0.25) is 0 Å². The number of aliphatic carboxylic acids is 1. The molecule has 1 atom stereocenters. The van der Waals surface area contributed by atoms with E-state index in [4.69, 9.17) is 0 Å². The third-order valence-electron chi connectivity index (χ3n) is 3.32. The molecule has 0 spiro atoms. The van der Waals surface area contributed by atoms with Crippen LogP contribution in [0.25, 0.3) is 0 Å². The molecule has 0 bridgehead atoms. The van der Waals surface area contributed by atoms with Gasteiger partial charge in [-0.25, -0.2) is 4.79 Å². The predicted octanol–water partition coefficient (Wildman–Crippen LogP) is 2.25. The molecule has 3 nitrogen and oxygen atoms in total. The highest BCUT2D eigenvalue weighted by atomic mass is 16.4. The molecule has 0 aliphatic rings. The molecule has 0 radical (unpaired) electrons. The summed E-state index contributed by atoms with van der Waals surface area (Å²) in [6.07, 6.45) is 0. The van der Waals surface area contributed by atoms with Crippen LogP contribution in [0.1, 0.15) is 25.0 Å². The molecule has 0 aromatic heterocycles. The molecule has 3 heteroatoms. The van der Waals surface area contributed by atoms with E-state index in [0.717, 1.165) is 11.1 Å². The number of likely N-dealkylation sites (N-methyl/N-ethyl adjacent to an activating group) is 1. The highest BCUT2D eigenvalue weighted by Crippen LogP contribution is 2.29. The molecule has 16 heavy (non-hydrogen) atoms. The molecular formula is C13H19NO2. The van der Waals surface area contributed by atoms with Crippen molar-refractivity contribution in [3.8, 4) is 0 Å². The monoisotopic (exact) mass is 221 g/mol. The van der Waals surface area contributed by atoms with Gasteiger partial charge >= 0.3 is 5.97 Å². The van der Waals surface area contributed by atoms with Crippen molar-refractivity contribution in [1.82, 2.24) is 4.90 Å². The van der Waals surface area contributed by atoms with Crippen LogP contribution < -0.4 is 0 Å². The second-order valence-electron chi connectivity index (χ2n) is 4.21. The molecule has 0 aliphatic carbocycles. The van der Waals surface area contributed by atoms with Crippen molar-refractivity contribution in [2.75, 3.05) is 13.6 Å². The molecule has 1 unspecified atom stereocenters. The number of carbonyl (C=O) groups is 1. The molecule has 1 aromatic carbocycles. The molecule has 1 aromatic rings. The van der Waals surface area contributed by atoms with Gasteiger partial charge in [0.05, 0.1) is 0 Å². The van der Waals surface area contributed by atoms with Crippen LogP contribution in [0, 0.1) is 6.92 Å². The molecule has 0 heterocycles. The van der Waals surface area contributed by atoms with Crippen molar-refractivity contribution >= 4 is 5.97 Å². The van der Waals surface area contributed by atoms with Crippen LogP contribution in [0.3, 0.4) is 0 Å². The summed E-state index contributed by atoms with van der Waals surface area (Å²) in [6, 6.07) is 7.63. The number of aryl methyl sites for hydroxylation is 1. The summed E-state index contributed by atoms with van der Waals surface area (Å²) in [6.45, 7) is 6.35. The van der Waals surface area contributed by atoms with Gasteiger partial charge in [-0.05, 0) is 38.6 Å². The van der Waals surface area contributed by atoms with Crippen molar-refractivity contribution < 1.29 is 9.90 Å². The van der Waals surface area contributed by atoms with Gasteiger partial charge in [0.15, 0.2) is 0 Å². The molecule has 1 rings (SSSR count). The van der Waals surface area contributed by atoms with E-state index < -0.39 is 11.5 Å². The van der Waals surface area contributed by atoms with Gasteiger partial charge in [0.25, 0.3) is 0 Å². The fourth-order valence-electron chi connectivity index (χ4n) is 1.92. The van der Waals surface area contributed by atoms with E-state index in [1.54, 1.807) is 6.92 Å². The zero-order chi connectivity index (χ0) is 12.3. The average Bonchev–Trinajstić information content (AvgIpc) is 2.27. The van der Waals surface area contributed by atoms with Gasteiger partial charge in [-0.15, -0.1) is 0 Å². The van der Waals surface area contributed by atoms with E-state index in [1.807, 2.05) is 50.1 Å². The van der Waals surface area contributed by atoms with Gasteiger partial charge in [-0.2, -0.15) is 0 Å². The first-order valence-corrected chi connectivity index (χ1v) is 5.45. The van der Waals surface area contributed by atoms with Crippen LogP contribution in [0.4, 0.5) is 0 Å². The van der Waals surface area contributed by atoms with E-state index in [2.05, 4.69) is 0 Å². The van der Waals surface area contributed by atoms with Gasteiger partial charge in [0.1, 0.15) is 5.54 Å². The van der Waals surface area contributed by atoms with Crippen LogP contribution in [0.15, 0.2) is 24.3 Å². The predicted molar refractivity (Wildman–Crippen MR) is 64.5 cm³/mol. The van der Waals surface area contributed by atoms with E-state index in [1.165, 1.54) is 0 Å². The van der Waals surface area contributed by atoms with Crippen LogP contribution in [-0.2, 0) is 10.3 Å². The lowest BCUT2D eigenvalue weighted by atomic mass is 9.87. The van der Waals surface area contributed by atoms with Crippen molar-refractivity contribution in [2.24, 2.45) is 0 Å². The Bertz CT molecular complexity index is 389. The van der Waals surface area contributed by atoms with E-state index >= 15 is 0 Å². The molecule has 1 N–H and O–H groups in total. The Morgan fingerprint density at radius 1 is 1.44 bits per heavy atom. The Labute approximate surface area is 96.7 Å². The second-order valence-corrected chi connectivity index (χ2v) is 4.21. The second kappa shape index (κ2) is 4.66. The highest BCUT2D eigenvalue weighted by Gasteiger charge is 2.39. The van der Waals surface area contributed by atoms with E-state index in [0.29, 0.717) is 6.54 Å². The van der Waals surface area contributed by atoms with E-state index in [-0.39, 0.29) is 0 Å². The van der Waals surface area contributed by atoms with Crippen molar-refractivity contribution in [3.63, 3.8) is 0 Å². The number of carboxylic acids is 1. The quantitative estimate of drug-likeness (QED) is 0.847. The summed E-state index contributed by atoms with van der Waals surface area (Å²) >= 11 is 0. The molecule has 0 saturated heterocycles. The number of hydrogen-bond donors (Lipinski definition) is 1. The summed E-state index contributed by atoms with van der Waals surface area (Å²) in [7, 11) is 1.83. The zero-order valence-electron chi connectivity index (χ0n) is 10.3. The topological polar surface area (TPSA) is 40.5 Å². The van der Waals surface area contributed by atoms with Crippen molar-refractivity contribution in [3.05, 3.63) is 35.4 Å². The minimum Gasteiger partial charge on any atom is -0.480 e. The highest BCUT2D eigenvalue weighted by molar-refractivity contribution is 5.80. The fourth-order valence-corrected chi connectivity index (χ4v) is 1.92. The number of hydrogen-bond acceptors (Lipinski definition) is 2. The first kappa shape index (κ1) is 12.7. The fraction of sp³-hybridized carbons (Fsp3) is 0.462. The molecule has 0 aliphatic heterocycles. The Kier molecular flexibility index (Phi) is 3.70. The Hall–Kier alpha value is -1.35. The number of nitrogens with zero attached hydrogens (tertiary/aromatic N) is 1. The Balaban J connectivity index is 3.33. The normalized spacial score (nSPS) is 14.8. The summed E-state index contributed by atoms with van der Waals surface area (Å²) in [4.78, 5) is 13.4. The smallest absolute Gasteiger partial charge is 0.328 e. The third kappa shape index (κ3) is 1.95. The first-order valence-electron chi connectivity index (χ1n) is 5.45. The summed E-state index contributed by atoms with van der Waals surface area (Å²) in [5.74, 6) is -0.814. The molecule has 0 amide bonds. The van der Waals surface area contributed by atoms with Crippen LogP contribution >= 0.6 is 0 Å². The third-order valence-corrected chi connectivity index (χ3v) is 3.32. The Morgan fingerprint density at radius 2 is 2.00 bits per heavy atom. The van der Waals surface area contributed by atoms with E-state index in [9.17, 15) is 9.90 Å². The summed E-state index contributed by atoms with van der Waals surface area (Å²) in [5.41, 5.74) is 0.902. The maximum atomic E-state index is 11.5. The van der Waals surface area contributed by atoms with Gasteiger partial charge in [-0.1, -0.05) is 31.2 Å². The summed E-state index contributed by atoms with van der Waals surface area (Å²) in [5, 5.41) is 9.47. The van der Waals surface area contributed by atoms with Crippen LogP contribution in [-0.4, -0.2) is 29.6 Å². The molecule has 0 fully saturated rings. The first-order chi connectivity index (χ1) is 7.44.